The molecule has 138 valence electrons. The van der Waals surface area contributed by atoms with Crippen molar-refractivity contribution in [2.24, 2.45) is 13.0 Å². The third kappa shape index (κ3) is 3.29. The molecule has 1 N–H and O–H groups in total. The molecule has 7 nitrogen and oxygen atoms in total. The predicted molar refractivity (Wildman–Crippen MR) is 92.7 cm³/mol. The molecule has 3 rings (SSSR count). The Morgan fingerprint density at radius 2 is 2.16 bits per heavy atom. The van der Waals surface area contributed by atoms with Gasteiger partial charge in [0.1, 0.15) is 11.9 Å². The van der Waals surface area contributed by atoms with E-state index < -0.39 is 5.92 Å². The van der Waals surface area contributed by atoms with Gasteiger partial charge in [0.15, 0.2) is 0 Å². The SMILES string of the molecule is CCN1C(=O)C[C@H](C(=O)NCC2(OC)CCCC2)[C@H]1c1nccn1C. The Labute approximate surface area is 148 Å². The van der Waals surface area contributed by atoms with Gasteiger partial charge in [-0.3, -0.25) is 9.59 Å². The summed E-state index contributed by atoms with van der Waals surface area (Å²) in [6.07, 6.45) is 7.99. The Morgan fingerprint density at radius 1 is 1.44 bits per heavy atom. The molecule has 2 heterocycles. The van der Waals surface area contributed by atoms with Crippen LogP contribution in [0.5, 0.6) is 0 Å². The Morgan fingerprint density at radius 3 is 2.72 bits per heavy atom. The number of nitrogens with one attached hydrogen (secondary N) is 1. The van der Waals surface area contributed by atoms with E-state index in [2.05, 4.69) is 10.3 Å². The van der Waals surface area contributed by atoms with Crippen molar-refractivity contribution in [3.05, 3.63) is 18.2 Å². The van der Waals surface area contributed by atoms with Gasteiger partial charge in [-0.2, -0.15) is 0 Å². The summed E-state index contributed by atoms with van der Waals surface area (Å²) in [5.41, 5.74) is -0.249. The number of amides is 2. The zero-order valence-electron chi connectivity index (χ0n) is 15.3. The standard InChI is InChI=1S/C18H28N4O3/c1-4-22-14(23)11-13(15(22)16-19-9-10-21(16)2)17(24)20-12-18(25-3)7-5-6-8-18/h9-10,13,15H,4-8,11-12H2,1-3H3,(H,20,24)/t13-,15-/m0/s1. The van der Waals surface area contributed by atoms with Crippen LogP contribution in [0.4, 0.5) is 0 Å². The number of carbonyl (C=O) groups excluding carboxylic acids is 2. The number of methoxy groups -OCH3 is 1. The maximum atomic E-state index is 12.9. The lowest BCUT2D eigenvalue weighted by Gasteiger charge is -2.30. The average molecular weight is 348 g/mol. The normalized spacial score (nSPS) is 25.6. The number of rotatable bonds is 6. The number of imidazole rings is 1. The van der Waals surface area contributed by atoms with E-state index in [1.54, 1.807) is 18.2 Å². The van der Waals surface area contributed by atoms with Crippen molar-refractivity contribution in [3.8, 4) is 0 Å². The topological polar surface area (TPSA) is 76.5 Å². The second kappa shape index (κ2) is 7.15. The van der Waals surface area contributed by atoms with Gasteiger partial charge in [-0.1, -0.05) is 12.8 Å². The lowest BCUT2D eigenvalue weighted by molar-refractivity contribution is -0.129. The Balaban J connectivity index is 1.76. The number of likely N-dealkylation sites (tertiary alicyclic amines) is 1. The Kier molecular flexibility index (Phi) is 5.13. The third-order valence-corrected chi connectivity index (χ3v) is 5.76. The first-order valence-electron chi connectivity index (χ1n) is 9.11. The zero-order valence-corrected chi connectivity index (χ0v) is 15.3. The first-order valence-corrected chi connectivity index (χ1v) is 9.11. The molecule has 0 bridgehead atoms. The van der Waals surface area contributed by atoms with Crippen molar-refractivity contribution >= 4 is 11.8 Å². The highest BCUT2D eigenvalue weighted by Gasteiger charge is 2.46. The Bertz CT molecular complexity index is 636. The molecule has 1 aliphatic carbocycles. The molecule has 1 aromatic heterocycles. The van der Waals surface area contributed by atoms with Gasteiger partial charge in [0.2, 0.25) is 11.8 Å². The van der Waals surface area contributed by atoms with Crippen LogP contribution in [0, 0.1) is 5.92 Å². The van der Waals surface area contributed by atoms with Crippen LogP contribution in [-0.4, -0.2) is 52.1 Å². The van der Waals surface area contributed by atoms with Crippen LogP contribution in [0.25, 0.3) is 0 Å². The molecule has 0 radical (unpaired) electrons. The lowest BCUT2D eigenvalue weighted by Crippen LogP contribution is -2.45. The lowest BCUT2D eigenvalue weighted by atomic mass is 9.97. The van der Waals surface area contributed by atoms with E-state index in [1.165, 1.54) is 0 Å². The molecule has 2 atom stereocenters. The van der Waals surface area contributed by atoms with E-state index >= 15 is 0 Å². The quantitative estimate of drug-likeness (QED) is 0.843. The van der Waals surface area contributed by atoms with E-state index in [9.17, 15) is 9.59 Å². The fourth-order valence-corrected chi connectivity index (χ4v) is 4.23. The predicted octanol–water partition coefficient (Wildman–Crippen LogP) is 1.40. The molecular weight excluding hydrogens is 320 g/mol. The van der Waals surface area contributed by atoms with Crippen molar-refractivity contribution in [2.75, 3.05) is 20.2 Å². The maximum absolute atomic E-state index is 12.9. The van der Waals surface area contributed by atoms with Gasteiger partial charge in [0.25, 0.3) is 0 Å². The minimum atomic E-state index is -0.413. The monoisotopic (exact) mass is 348 g/mol. The first-order chi connectivity index (χ1) is 12.0. The highest BCUT2D eigenvalue weighted by Crippen LogP contribution is 2.37. The fourth-order valence-electron chi connectivity index (χ4n) is 4.23. The van der Waals surface area contributed by atoms with Crippen molar-refractivity contribution in [2.45, 2.75) is 50.7 Å². The summed E-state index contributed by atoms with van der Waals surface area (Å²) >= 11 is 0. The number of nitrogens with zero attached hydrogens (tertiary/aromatic N) is 3. The largest absolute Gasteiger partial charge is 0.376 e. The number of ether oxygens (including phenoxy) is 1. The number of hydrogen-bond acceptors (Lipinski definition) is 4. The van der Waals surface area contributed by atoms with Crippen LogP contribution in [0.3, 0.4) is 0 Å². The molecule has 2 fully saturated rings. The van der Waals surface area contributed by atoms with Crippen LogP contribution in [0.1, 0.15) is 50.9 Å². The maximum Gasteiger partial charge on any atom is 0.226 e. The number of hydrogen-bond donors (Lipinski definition) is 1. The van der Waals surface area contributed by atoms with Gasteiger partial charge in [-0.15, -0.1) is 0 Å². The summed E-state index contributed by atoms with van der Waals surface area (Å²) in [6, 6.07) is -0.306. The molecule has 7 heteroatoms. The molecule has 0 aromatic carbocycles. The minimum Gasteiger partial charge on any atom is -0.376 e. The summed E-state index contributed by atoms with van der Waals surface area (Å²) in [7, 11) is 3.61. The van der Waals surface area contributed by atoms with E-state index in [0.717, 1.165) is 31.5 Å². The molecule has 1 saturated carbocycles. The van der Waals surface area contributed by atoms with Gasteiger partial charge in [0.05, 0.1) is 11.5 Å². The van der Waals surface area contributed by atoms with Gasteiger partial charge in [-0.05, 0) is 19.8 Å². The highest BCUT2D eigenvalue weighted by molar-refractivity contribution is 5.90. The summed E-state index contributed by atoms with van der Waals surface area (Å²) in [5.74, 6) is 0.276. The van der Waals surface area contributed by atoms with Crippen molar-refractivity contribution < 1.29 is 14.3 Å². The summed E-state index contributed by atoms with van der Waals surface area (Å²) in [6.45, 7) is 3.02. The first kappa shape index (κ1) is 17.9. The molecule has 1 aliphatic heterocycles. The van der Waals surface area contributed by atoms with Gasteiger partial charge >= 0.3 is 0 Å². The van der Waals surface area contributed by atoms with Gasteiger partial charge in [0, 0.05) is 46.1 Å². The van der Waals surface area contributed by atoms with E-state index in [0.29, 0.717) is 13.1 Å². The third-order valence-electron chi connectivity index (χ3n) is 5.76. The molecule has 1 saturated heterocycles. The van der Waals surface area contributed by atoms with Crippen LogP contribution in [0.15, 0.2) is 12.4 Å². The van der Waals surface area contributed by atoms with E-state index in [-0.39, 0.29) is 29.9 Å². The summed E-state index contributed by atoms with van der Waals surface area (Å²) < 4.78 is 7.57. The van der Waals surface area contributed by atoms with Crippen LogP contribution in [0.2, 0.25) is 0 Å². The van der Waals surface area contributed by atoms with Crippen molar-refractivity contribution in [3.63, 3.8) is 0 Å². The van der Waals surface area contributed by atoms with Crippen LogP contribution in [-0.2, 0) is 21.4 Å². The highest BCUT2D eigenvalue weighted by atomic mass is 16.5. The van der Waals surface area contributed by atoms with Crippen LogP contribution < -0.4 is 5.32 Å². The number of carbonyl (C=O) groups is 2. The zero-order chi connectivity index (χ0) is 18.0. The van der Waals surface area contributed by atoms with E-state index in [1.807, 2.05) is 24.7 Å². The second-order valence-corrected chi connectivity index (χ2v) is 7.14. The molecule has 25 heavy (non-hydrogen) atoms. The summed E-state index contributed by atoms with van der Waals surface area (Å²) in [5, 5.41) is 3.06. The van der Waals surface area contributed by atoms with Crippen molar-refractivity contribution in [1.82, 2.24) is 19.8 Å². The number of aromatic nitrogens is 2. The fraction of sp³-hybridized carbons (Fsp3) is 0.722. The average Bonchev–Trinajstić information content (AvgIpc) is 3.31. The minimum absolute atomic E-state index is 0.0120. The smallest absolute Gasteiger partial charge is 0.226 e. The van der Waals surface area contributed by atoms with E-state index in [4.69, 9.17) is 4.74 Å². The molecular formula is C18H28N4O3. The Hall–Kier alpha value is -1.89. The summed E-state index contributed by atoms with van der Waals surface area (Å²) in [4.78, 5) is 31.5. The molecule has 0 spiro atoms. The molecule has 1 aromatic rings. The number of aryl methyl sites for hydroxylation is 1. The van der Waals surface area contributed by atoms with Gasteiger partial charge < -0.3 is 19.5 Å². The van der Waals surface area contributed by atoms with Crippen molar-refractivity contribution in [1.29, 1.82) is 0 Å². The second-order valence-electron chi connectivity index (χ2n) is 7.14. The van der Waals surface area contributed by atoms with Gasteiger partial charge in [-0.25, -0.2) is 4.98 Å². The molecule has 2 aliphatic rings. The molecule has 0 unspecified atom stereocenters. The van der Waals surface area contributed by atoms with Crippen LogP contribution >= 0.6 is 0 Å². The molecule has 2 amide bonds.